The number of hydrogen-bond acceptors (Lipinski definition) is 2. The van der Waals surface area contributed by atoms with Crippen molar-refractivity contribution in [3.05, 3.63) is 0 Å². The van der Waals surface area contributed by atoms with Gasteiger partial charge in [-0.1, -0.05) is 103 Å². The van der Waals surface area contributed by atoms with Crippen molar-refractivity contribution in [3.63, 3.8) is 0 Å². The number of unbranched alkanes of at least 4 members (excludes halogenated alkanes) is 17. The van der Waals surface area contributed by atoms with Crippen LogP contribution >= 0.6 is 0 Å². The van der Waals surface area contributed by atoms with Gasteiger partial charge in [-0.05, 0) is 12.8 Å². The smallest absolute Gasteiger partial charge is 0.303 e. The van der Waals surface area contributed by atoms with E-state index in [1.807, 2.05) is 0 Å². The summed E-state index contributed by atoms with van der Waals surface area (Å²) < 4.78 is 0. The largest absolute Gasteiger partial charge is 0.481 e. The molecule has 0 bridgehead atoms. The Labute approximate surface area is 181 Å². The van der Waals surface area contributed by atoms with Gasteiger partial charge in [-0.3, -0.25) is 9.59 Å². The molecule has 0 aromatic carbocycles. The first kappa shape index (κ1) is 28.9. The Hall–Kier alpha value is -0.346. The van der Waals surface area contributed by atoms with Crippen LogP contribution in [0.15, 0.2) is 0 Å². The maximum Gasteiger partial charge on any atom is 0.303 e. The van der Waals surface area contributed by atoms with Gasteiger partial charge >= 0.3 is 11.9 Å². The molecule has 0 spiro atoms. The standard InChI is InChI=1S/C22H42O4.Ti/c23-21(24)19-17-15-13-11-9-7-5-3-1-2-4-6-8-10-12-14-16-18-20-22(25)26;/h1-20H2,(H,23,24)(H,25,26);. The van der Waals surface area contributed by atoms with E-state index in [2.05, 4.69) is 0 Å². The molecule has 4 nitrogen and oxygen atoms in total. The fraction of sp³-hybridized carbons (Fsp3) is 0.909. The van der Waals surface area contributed by atoms with E-state index in [-0.39, 0.29) is 21.7 Å². The van der Waals surface area contributed by atoms with Gasteiger partial charge in [0.15, 0.2) is 0 Å². The number of carboxylic acid groups (broad SMARTS) is 2. The van der Waals surface area contributed by atoms with Gasteiger partial charge in [0.1, 0.15) is 0 Å². The Bertz CT molecular complexity index is 302. The van der Waals surface area contributed by atoms with Crippen molar-refractivity contribution >= 4 is 11.9 Å². The second-order valence-electron chi connectivity index (χ2n) is 7.65. The van der Waals surface area contributed by atoms with Gasteiger partial charge in [0.05, 0.1) is 0 Å². The molecule has 5 heteroatoms. The molecule has 0 fully saturated rings. The van der Waals surface area contributed by atoms with E-state index in [9.17, 15) is 9.59 Å². The summed E-state index contributed by atoms with van der Waals surface area (Å²) in [5.41, 5.74) is 0. The van der Waals surface area contributed by atoms with Crippen molar-refractivity contribution in [3.8, 4) is 0 Å². The first-order valence-corrected chi connectivity index (χ1v) is 11.1. The van der Waals surface area contributed by atoms with E-state index >= 15 is 0 Å². The third kappa shape index (κ3) is 28.0. The fourth-order valence-corrected chi connectivity index (χ4v) is 3.38. The maximum absolute atomic E-state index is 10.4. The normalized spacial score (nSPS) is 10.5. The Morgan fingerprint density at radius 3 is 0.667 bits per heavy atom. The maximum atomic E-state index is 10.4. The van der Waals surface area contributed by atoms with E-state index in [4.69, 9.17) is 10.2 Å². The van der Waals surface area contributed by atoms with Gasteiger partial charge in [-0.15, -0.1) is 0 Å². The Kier molecular flexibility index (Phi) is 25.3. The average molecular weight is 418 g/mol. The van der Waals surface area contributed by atoms with Crippen LogP contribution in [-0.4, -0.2) is 22.2 Å². The summed E-state index contributed by atoms with van der Waals surface area (Å²) in [7, 11) is 0. The number of hydrogen-bond donors (Lipinski definition) is 2. The van der Waals surface area contributed by atoms with E-state index < -0.39 is 11.9 Å². The molecule has 0 amide bonds. The summed E-state index contributed by atoms with van der Waals surface area (Å²) in [4.78, 5) is 20.8. The van der Waals surface area contributed by atoms with Crippen molar-refractivity contribution in [2.75, 3.05) is 0 Å². The topological polar surface area (TPSA) is 74.6 Å². The molecule has 0 aromatic heterocycles. The zero-order chi connectivity index (χ0) is 19.3. The monoisotopic (exact) mass is 418 g/mol. The van der Waals surface area contributed by atoms with Crippen LogP contribution in [0.25, 0.3) is 0 Å². The van der Waals surface area contributed by atoms with Crippen LogP contribution in [0.4, 0.5) is 0 Å². The molecule has 27 heavy (non-hydrogen) atoms. The van der Waals surface area contributed by atoms with Gasteiger partial charge in [0.25, 0.3) is 0 Å². The van der Waals surface area contributed by atoms with Gasteiger partial charge in [0.2, 0.25) is 0 Å². The summed E-state index contributed by atoms with van der Waals surface area (Å²) in [6.45, 7) is 0. The van der Waals surface area contributed by atoms with E-state index in [0.717, 1.165) is 25.7 Å². The van der Waals surface area contributed by atoms with Crippen LogP contribution in [0.3, 0.4) is 0 Å². The number of carboxylic acids is 2. The van der Waals surface area contributed by atoms with Crippen LogP contribution in [0.2, 0.25) is 0 Å². The van der Waals surface area contributed by atoms with E-state index in [1.54, 1.807) is 0 Å². The van der Waals surface area contributed by atoms with Crippen LogP contribution in [0.5, 0.6) is 0 Å². The molecule has 0 unspecified atom stereocenters. The second kappa shape index (κ2) is 23.7. The molecule has 2 N–H and O–H groups in total. The van der Waals surface area contributed by atoms with Crippen molar-refractivity contribution in [1.29, 1.82) is 0 Å². The summed E-state index contributed by atoms with van der Waals surface area (Å²) in [6, 6.07) is 0. The minimum atomic E-state index is -0.669. The summed E-state index contributed by atoms with van der Waals surface area (Å²) in [5.74, 6) is -1.34. The van der Waals surface area contributed by atoms with Gasteiger partial charge in [-0.25, -0.2) is 0 Å². The third-order valence-corrected chi connectivity index (χ3v) is 5.03. The molecule has 0 radical (unpaired) electrons. The second-order valence-corrected chi connectivity index (χ2v) is 7.65. The average Bonchev–Trinajstić information content (AvgIpc) is 2.59. The van der Waals surface area contributed by atoms with Gasteiger partial charge in [0, 0.05) is 34.6 Å². The predicted molar refractivity (Wildman–Crippen MR) is 108 cm³/mol. The molecule has 0 saturated heterocycles. The van der Waals surface area contributed by atoms with E-state index in [1.165, 1.54) is 89.9 Å². The van der Waals surface area contributed by atoms with E-state index in [0.29, 0.717) is 12.8 Å². The third-order valence-electron chi connectivity index (χ3n) is 5.03. The Balaban J connectivity index is 0. The molecule has 0 atom stereocenters. The van der Waals surface area contributed by atoms with Crippen molar-refractivity contribution < 1.29 is 41.5 Å². The summed E-state index contributed by atoms with van der Waals surface area (Å²) in [6.07, 6.45) is 22.8. The van der Waals surface area contributed by atoms with Crippen molar-refractivity contribution in [1.82, 2.24) is 0 Å². The molecule has 0 saturated carbocycles. The fourth-order valence-electron chi connectivity index (χ4n) is 3.38. The quantitative estimate of drug-likeness (QED) is 0.156. The van der Waals surface area contributed by atoms with Crippen LogP contribution in [-0.2, 0) is 31.3 Å². The molecular formula is C22H42O4Ti. The molecule has 0 aliphatic heterocycles. The van der Waals surface area contributed by atoms with Crippen molar-refractivity contribution in [2.24, 2.45) is 0 Å². The van der Waals surface area contributed by atoms with Crippen molar-refractivity contribution in [2.45, 2.75) is 128 Å². The molecule has 0 rings (SSSR count). The van der Waals surface area contributed by atoms with Crippen LogP contribution in [0.1, 0.15) is 128 Å². The minimum absolute atomic E-state index is 0. The number of carbonyl (C=O) groups is 2. The zero-order valence-corrected chi connectivity index (χ0v) is 18.9. The van der Waals surface area contributed by atoms with Crippen LogP contribution < -0.4 is 0 Å². The number of aliphatic carboxylic acids is 2. The molecule has 0 aliphatic carbocycles. The summed E-state index contributed by atoms with van der Waals surface area (Å²) in [5, 5.41) is 17.1. The Morgan fingerprint density at radius 1 is 0.370 bits per heavy atom. The van der Waals surface area contributed by atoms with Gasteiger partial charge < -0.3 is 10.2 Å². The predicted octanol–water partition coefficient (Wildman–Crippen LogP) is 6.96. The van der Waals surface area contributed by atoms with Gasteiger partial charge in [-0.2, -0.15) is 0 Å². The first-order valence-electron chi connectivity index (χ1n) is 11.1. The van der Waals surface area contributed by atoms with Crippen LogP contribution in [0, 0.1) is 0 Å². The molecular weight excluding hydrogens is 376 g/mol. The number of rotatable bonds is 21. The molecule has 0 aromatic rings. The zero-order valence-electron chi connectivity index (χ0n) is 17.4. The minimum Gasteiger partial charge on any atom is -0.481 e. The summed E-state index contributed by atoms with van der Waals surface area (Å²) >= 11 is 0. The first-order chi connectivity index (χ1) is 12.6. The molecule has 0 aliphatic rings. The Morgan fingerprint density at radius 2 is 0.519 bits per heavy atom. The molecule has 0 heterocycles. The SMILES string of the molecule is O=C(O)CCCCCCCCCCCCCCCCCCCCC(=O)O.[Ti]. The molecule has 158 valence electrons.